The van der Waals surface area contributed by atoms with Crippen molar-refractivity contribution in [2.75, 3.05) is 26.7 Å². The van der Waals surface area contributed by atoms with Gasteiger partial charge in [-0.25, -0.2) is 0 Å². The van der Waals surface area contributed by atoms with E-state index in [9.17, 15) is 24.0 Å². The van der Waals surface area contributed by atoms with Crippen LogP contribution >= 0.6 is 0 Å². The summed E-state index contributed by atoms with van der Waals surface area (Å²) in [4.78, 5) is 71.3. The van der Waals surface area contributed by atoms with Crippen LogP contribution in [0, 0.1) is 5.92 Å². The van der Waals surface area contributed by atoms with Crippen LogP contribution in [0.3, 0.4) is 0 Å². The molecule has 3 rings (SSSR count). The summed E-state index contributed by atoms with van der Waals surface area (Å²) in [5, 5.41) is 8.38. The Labute approximate surface area is 228 Å². The predicted molar refractivity (Wildman–Crippen MR) is 145 cm³/mol. The summed E-state index contributed by atoms with van der Waals surface area (Å²) in [5.74, 6) is -2.40. The third-order valence-electron chi connectivity index (χ3n) is 6.75. The van der Waals surface area contributed by atoms with E-state index in [4.69, 9.17) is 0 Å². The molecule has 5 amide bonds. The Hall–Kier alpha value is -4.15. The summed E-state index contributed by atoms with van der Waals surface area (Å²) in [7, 11) is 1.48. The Kier molecular flexibility index (Phi) is 10.2. The highest BCUT2D eigenvalue weighted by Crippen LogP contribution is 2.12. The number of carbonyl (C=O) groups is 5. The molecule has 0 aliphatic carbocycles. The molecular weight excluding hydrogens is 500 g/mol. The fraction of sp³-hybridized carbons (Fsp3) is 0.464. The van der Waals surface area contributed by atoms with Crippen molar-refractivity contribution in [2.24, 2.45) is 5.92 Å². The van der Waals surface area contributed by atoms with Crippen molar-refractivity contribution in [1.82, 2.24) is 30.7 Å². The van der Waals surface area contributed by atoms with Crippen LogP contribution in [0.4, 0.5) is 0 Å². The maximum Gasteiger partial charge on any atom is 0.256 e. The van der Waals surface area contributed by atoms with Crippen LogP contribution in [0.5, 0.6) is 0 Å². The lowest BCUT2D eigenvalue weighted by molar-refractivity contribution is -0.140. The monoisotopic (exact) mass is 538 g/mol. The summed E-state index contributed by atoms with van der Waals surface area (Å²) < 4.78 is 0. The molecule has 1 saturated heterocycles. The summed E-state index contributed by atoms with van der Waals surface area (Å²) >= 11 is 0. The molecule has 3 atom stereocenters. The van der Waals surface area contributed by atoms with Gasteiger partial charge in [0.2, 0.25) is 23.6 Å². The lowest BCUT2D eigenvalue weighted by atomic mass is 10.0. The molecule has 1 aliphatic rings. The van der Waals surface area contributed by atoms with Gasteiger partial charge >= 0.3 is 0 Å². The molecule has 11 nitrogen and oxygen atoms in total. The predicted octanol–water partition coefficient (Wildman–Crippen LogP) is 0.692. The van der Waals surface area contributed by atoms with Crippen molar-refractivity contribution < 1.29 is 24.0 Å². The summed E-state index contributed by atoms with van der Waals surface area (Å²) in [6.07, 6.45) is 3.83. The minimum atomic E-state index is -0.904. The second-order valence-electron chi connectivity index (χ2n) is 10.2. The van der Waals surface area contributed by atoms with Gasteiger partial charge in [-0.05, 0) is 30.9 Å². The van der Waals surface area contributed by atoms with E-state index in [2.05, 4.69) is 20.9 Å². The van der Waals surface area contributed by atoms with Crippen LogP contribution in [0.25, 0.3) is 0 Å². The van der Waals surface area contributed by atoms with Gasteiger partial charge in [-0.15, -0.1) is 0 Å². The van der Waals surface area contributed by atoms with Crippen molar-refractivity contribution in [2.45, 2.75) is 51.7 Å². The molecule has 2 heterocycles. The van der Waals surface area contributed by atoms with Crippen molar-refractivity contribution in [3.63, 3.8) is 0 Å². The topological polar surface area (TPSA) is 144 Å². The smallest absolute Gasteiger partial charge is 0.256 e. The van der Waals surface area contributed by atoms with Gasteiger partial charge in [0.15, 0.2) is 0 Å². The molecular formula is C28H38N6O5. The highest BCUT2D eigenvalue weighted by molar-refractivity contribution is 5.98. The molecule has 210 valence electrons. The number of benzene rings is 1. The number of nitrogens with zero attached hydrogens (tertiary/aromatic N) is 2. The molecule has 2 aromatic rings. The second kappa shape index (κ2) is 13.6. The molecule has 4 N–H and O–H groups in total. The van der Waals surface area contributed by atoms with E-state index < -0.39 is 35.8 Å². The molecule has 0 saturated carbocycles. The molecule has 0 unspecified atom stereocenters. The molecule has 11 heteroatoms. The van der Waals surface area contributed by atoms with Crippen molar-refractivity contribution in [3.05, 3.63) is 59.9 Å². The summed E-state index contributed by atoms with van der Waals surface area (Å²) in [6.45, 7) is 5.33. The number of aromatic nitrogens is 1. The number of aromatic amines is 1. The number of H-pyrrole nitrogens is 1. The molecule has 1 aromatic carbocycles. The van der Waals surface area contributed by atoms with Gasteiger partial charge in [-0.3, -0.25) is 24.0 Å². The van der Waals surface area contributed by atoms with Gasteiger partial charge < -0.3 is 30.7 Å². The first-order valence-corrected chi connectivity index (χ1v) is 13.2. The zero-order valence-corrected chi connectivity index (χ0v) is 22.9. The Bertz CT molecular complexity index is 1150. The zero-order chi connectivity index (χ0) is 28.5. The SMILES string of the molecule is CC(C)[C@@H]1NC(=O)[C@@H](C)N(C(=O)c2cc[nH]c2)CCCNC(=O)[C@H](Cc2ccccc2)NC(=O)CN(C)C1=O. The molecule has 0 spiro atoms. The number of carbonyl (C=O) groups excluding carboxylic acids is 5. The number of amides is 5. The van der Waals surface area contributed by atoms with Crippen molar-refractivity contribution >= 4 is 29.5 Å². The van der Waals surface area contributed by atoms with Crippen molar-refractivity contribution in [3.8, 4) is 0 Å². The van der Waals surface area contributed by atoms with Crippen LogP contribution < -0.4 is 16.0 Å². The minimum Gasteiger partial charge on any atom is -0.367 e. The number of nitrogens with one attached hydrogen (secondary N) is 4. The fourth-order valence-electron chi connectivity index (χ4n) is 4.44. The number of rotatable bonds is 4. The standard InChI is InChI=1S/C28H38N6O5/c1-18(2)24-28(39)33(4)17-23(35)31-22(15-20-9-6-5-7-10-20)26(37)30-12-8-14-34(19(3)25(36)32-24)27(38)21-11-13-29-16-21/h5-7,9-11,13,16,18-19,22,24,29H,8,12,14-15,17H2,1-4H3,(H,30,37)(H,31,35)(H,32,36)/t19-,22+,24+/m1/s1. The van der Waals surface area contributed by atoms with Crippen LogP contribution in [0.15, 0.2) is 48.8 Å². The molecule has 0 bridgehead atoms. The summed E-state index contributed by atoms with van der Waals surface area (Å²) in [5.41, 5.74) is 1.27. The maximum absolute atomic E-state index is 13.3. The van der Waals surface area contributed by atoms with Crippen LogP contribution in [-0.4, -0.2) is 89.1 Å². The van der Waals surface area contributed by atoms with Gasteiger partial charge in [0, 0.05) is 39.0 Å². The second-order valence-corrected chi connectivity index (χ2v) is 10.2. The number of hydrogen-bond donors (Lipinski definition) is 4. The van der Waals surface area contributed by atoms with Crippen LogP contribution in [0.2, 0.25) is 0 Å². The van der Waals surface area contributed by atoms with Gasteiger partial charge in [0.1, 0.15) is 18.1 Å². The first-order chi connectivity index (χ1) is 18.6. The van der Waals surface area contributed by atoms with E-state index in [1.807, 2.05) is 30.3 Å². The normalized spacial score (nSPS) is 22.3. The quantitative estimate of drug-likeness (QED) is 0.453. The van der Waals surface area contributed by atoms with Crippen molar-refractivity contribution in [1.29, 1.82) is 0 Å². The molecule has 1 aromatic heterocycles. The molecule has 1 aliphatic heterocycles. The minimum absolute atomic E-state index is 0.189. The van der Waals surface area contributed by atoms with Gasteiger partial charge in [-0.2, -0.15) is 0 Å². The summed E-state index contributed by atoms with van der Waals surface area (Å²) in [6, 6.07) is 8.30. The number of likely N-dealkylation sites (N-methyl/N-ethyl adjacent to an activating group) is 1. The lowest BCUT2D eigenvalue weighted by Gasteiger charge is -2.32. The maximum atomic E-state index is 13.3. The Morgan fingerprint density at radius 3 is 2.38 bits per heavy atom. The third kappa shape index (κ3) is 7.92. The highest BCUT2D eigenvalue weighted by Gasteiger charge is 2.33. The zero-order valence-electron chi connectivity index (χ0n) is 22.9. The van der Waals surface area contributed by atoms with E-state index in [1.165, 1.54) is 16.8 Å². The van der Waals surface area contributed by atoms with E-state index in [0.29, 0.717) is 12.0 Å². The third-order valence-corrected chi connectivity index (χ3v) is 6.75. The van der Waals surface area contributed by atoms with E-state index in [0.717, 1.165) is 5.56 Å². The fourth-order valence-corrected chi connectivity index (χ4v) is 4.44. The van der Waals surface area contributed by atoms with Crippen LogP contribution in [0.1, 0.15) is 43.1 Å². The van der Waals surface area contributed by atoms with Crippen LogP contribution in [-0.2, 0) is 25.6 Å². The van der Waals surface area contributed by atoms with Gasteiger partial charge in [-0.1, -0.05) is 44.2 Å². The number of hydrogen-bond acceptors (Lipinski definition) is 5. The Morgan fingerprint density at radius 1 is 1.03 bits per heavy atom. The Morgan fingerprint density at radius 2 is 1.74 bits per heavy atom. The first kappa shape index (κ1) is 29.4. The molecule has 39 heavy (non-hydrogen) atoms. The van der Waals surface area contributed by atoms with Gasteiger partial charge in [0.05, 0.1) is 12.1 Å². The van der Waals surface area contributed by atoms with E-state index >= 15 is 0 Å². The Balaban J connectivity index is 1.88. The highest BCUT2D eigenvalue weighted by atomic mass is 16.2. The van der Waals surface area contributed by atoms with E-state index in [1.54, 1.807) is 39.2 Å². The average Bonchev–Trinajstić information content (AvgIpc) is 3.45. The largest absolute Gasteiger partial charge is 0.367 e. The lowest BCUT2D eigenvalue weighted by Crippen LogP contribution is -2.57. The average molecular weight is 539 g/mol. The van der Waals surface area contributed by atoms with Gasteiger partial charge in [0.25, 0.3) is 5.91 Å². The molecule has 0 radical (unpaired) electrons. The molecule has 1 fully saturated rings. The van der Waals surface area contributed by atoms with E-state index in [-0.39, 0.29) is 43.8 Å². The first-order valence-electron chi connectivity index (χ1n) is 13.2.